The standard InChI is InChI=1S/C15H27NO2Si/c1-15(2,3)19(5,6)18-14(17)12-9-7-11-8-10-13(12)16(11)4/h9,11,13H,7-8,10H2,1-6H3. The van der Waals surface area contributed by atoms with Crippen molar-refractivity contribution >= 4 is 14.3 Å². The lowest BCUT2D eigenvalue weighted by atomic mass is 10.0. The van der Waals surface area contributed by atoms with Crippen LogP contribution in [0, 0.1) is 0 Å². The Balaban J connectivity index is 2.11. The molecule has 2 rings (SSSR count). The third kappa shape index (κ3) is 2.65. The number of fused-ring (bicyclic) bond motifs is 2. The molecule has 1 fully saturated rings. The fraction of sp³-hybridized carbons (Fsp3) is 0.800. The summed E-state index contributed by atoms with van der Waals surface area (Å²) in [5.74, 6) is -0.0659. The average Bonchev–Trinajstić information content (AvgIpc) is 2.49. The van der Waals surface area contributed by atoms with E-state index < -0.39 is 8.32 Å². The molecule has 0 spiro atoms. The van der Waals surface area contributed by atoms with Gasteiger partial charge in [-0.2, -0.15) is 0 Å². The minimum atomic E-state index is -2.01. The van der Waals surface area contributed by atoms with Crippen LogP contribution in [0.25, 0.3) is 0 Å². The van der Waals surface area contributed by atoms with Crippen LogP contribution in [0.15, 0.2) is 11.6 Å². The van der Waals surface area contributed by atoms with Crippen LogP contribution in [0.2, 0.25) is 18.1 Å². The van der Waals surface area contributed by atoms with E-state index in [4.69, 9.17) is 4.43 Å². The SMILES string of the molecule is CN1C2CC=C(C(=O)O[Si](C)(C)C(C)(C)C)C1CC2. The molecule has 19 heavy (non-hydrogen) atoms. The van der Waals surface area contributed by atoms with Gasteiger partial charge in [-0.25, -0.2) is 4.79 Å². The number of carbonyl (C=O) groups is 1. The van der Waals surface area contributed by atoms with E-state index in [2.05, 4.69) is 51.9 Å². The smallest absolute Gasteiger partial charge is 0.321 e. The Hall–Kier alpha value is -0.613. The maximum absolute atomic E-state index is 12.5. The predicted molar refractivity (Wildman–Crippen MR) is 80.6 cm³/mol. The maximum Gasteiger partial charge on any atom is 0.321 e. The molecule has 0 saturated carbocycles. The number of carbonyl (C=O) groups excluding carboxylic acids is 1. The Morgan fingerprint density at radius 2 is 2.00 bits per heavy atom. The van der Waals surface area contributed by atoms with Gasteiger partial charge < -0.3 is 4.43 Å². The summed E-state index contributed by atoms with van der Waals surface area (Å²) in [4.78, 5) is 14.9. The van der Waals surface area contributed by atoms with Gasteiger partial charge in [0.25, 0.3) is 8.32 Å². The molecule has 2 bridgehead atoms. The largest absolute Gasteiger partial charge is 0.516 e. The molecule has 4 heteroatoms. The summed E-state index contributed by atoms with van der Waals surface area (Å²) in [6.45, 7) is 10.8. The number of hydrogen-bond acceptors (Lipinski definition) is 3. The Labute approximate surface area is 118 Å². The normalized spacial score (nSPS) is 28.2. The molecule has 2 atom stereocenters. The van der Waals surface area contributed by atoms with Gasteiger partial charge >= 0.3 is 5.97 Å². The van der Waals surface area contributed by atoms with Crippen molar-refractivity contribution in [1.82, 2.24) is 4.90 Å². The summed E-state index contributed by atoms with van der Waals surface area (Å²) >= 11 is 0. The zero-order valence-electron chi connectivity index (χ0n) is 13.1. The van der Waals surface area contributed by atoms with E-state index in [9.17, 15) is 4.79 Å². The first-order chi connectivity index (χ1) is 8.63. The number of likely N-dealkylation sites (N-methyl/N-ethyl adjacent to an activating group) is 1. The fourth-order valence-electron chi connectivity index (χ4n) is 2.73. The summed E-state index contributed by atoms with van der Waals surface area (Å²) < 4.78 is 5.95. The lowest BCUT2D eigenvalue weighted by molar-refractivity contribution is -0.132. The van der Waals surface area contributed by atoms with Crippen LogP contribution in [0.1, 0.15) is 40.0 Å². The number of hydrogen-bond donors (Lipinski definition) is 0. The van der Waals surface area contributed by atoms with Crippen LogP contribution in [-0.4, -0.2) is 38.3 Å². The van der Waals surface area contributed by atoms with E-state index in [-0.39, 0.29) is 17.0 Å². The summed E-state index contributed by atoms with van der Waals surface area (Å²) in [6, 6.07) is 0.922. The summed E-state index contributed by atoms with van der Waals surface area (Å²) in [7, 11) is 0.122. The van der Waals surface area contributed by atoms with E-state index in [1.54, 1.807) is 0 Å². The Bertz CT molecular complexity index is 409. The van der Waals surface area contributed by atoms with Gasteiger partial charge in [-0.1, -0.05) is 26.8 Å². The topological polar surface area (TPSA) is 29.5 Å². The molecule has 2 aliphatic rings. The van der Waals surface area contributed by atoms with Crippen molar-refractivity contribution in [2.24, 2.45) is 0 Å². The third-order valence-corrected chi connectivity index (χ3v) is 9.51. The molecule has 2 heterocycles. The minimum absolute atomic E-state index is 0.0659. The van der Waals surface area contributed by atoms with E-state index >= 15 is 0 Å². The summed E-state index contributed by atoms with van der Waals surface area (Å²) in [5, 5.41) is 0.0714. The van der Waals surface area contributed by atoms with Crippen LogP contribution in [0.5, 0.6) is 0 Å². The van der Waals surface area contributed by atoms with Crippen molar-refractivity contribution in [2.45, 2.75) is 70.2 Å². The van der Waals surface area contributed by atoms with Gasteiger partial charge in [0.15, 0.2) is 0 Å². The van der Waals surface area contributed by atoms with Crippen LogP contribution < -0.4 is 0 Å². The molecule has 0 amide bonds. The van der Waals surface area contributed by atoms with Crippen molar-refractivity contribution in [3.05, 3.63) is 11.6 Å². The highest BCUT2D eigenvalue weighted by molar-refractivity contribution is 6.75. The second kappa shape index (κ2) is 4.74. The average molecular weight is 281 g/mol. The number of rotatable bonds is 2. The van der Waals surface area contributed by atoms with E-state index in [0.29, 0.717) is 6.04 Å². The van der Waals surface area contributed by atoms with Gasteiger partial charge in [-0.05, 0) is 44.4 Å². The highest BCUT2D eigenvalue weighted by Gasteiger charge is 2.44. The summed E-state index contributed by atoms with van der Waals surface area (Å²) in [6.07, 6.45) is 5.42. The Morgan fingerprint density at radius 3 is 2.58 bits per heavy atom. The quantitative estimate of drug-likeness (QED) is 0.727. The molecule has 108 valence electrons. The first-order valence-corrected chi connectivity index (χ1v) is 10.2. The molecule has 0 aromatic heterocycles. The molecule has 0 aromatic rings. The molecule has 0 aromatic carbocycles. The highest BCUT2D eigenvalue weighted by Crippen LogP contribution is 2.39. The third-order valence-electron chi connectivity index (χ3n) is 5.20. The van der Waals surface area contributed by atoms with Crippen molar-refractivity contribution in [2.75, 3.05) is 7.05 Å². The van der Waals surface area contributed by atoms with Crippen molar-refractivity contribution in [3.63, 3.8) is 0 Å². The van der Waals surface area contributed by atoms with Gasteiger partial charge in [-0.15, -0.1) is 0 Å². The van der Waals surface area contributed by atoms with E-state index in [0.717, 1.165) is 18.4 Å². The predicted octanol–water partition coefficient (Wildman–Crippen LogP) is 3.33. The molecule has 2 aliphatic heterocycles. The lowest BCUT2D eigenvalue weighted by Crippen LogP contribution is -2.45. The monoisotopic (exact) mass is 281 g/mol. The van der Waals surface area contributed by atoms with Crippen LogP contribution >= 0.6 is 0 Å². The molecule has 2 unspecified atom stereocenters. The van der Waals surface area contributed by atoms with Crippen molar-refractivity contribution in [3.8, 4) is 0 Å². The maximum atomic E-state index is 12.5. The van der Waals surface area contributed by atoms with E-state index in [1.165, 1.54) is 6.42 Å². The van der Waals surface area contributed by atoms with Gasteiger partial charge in [0.2, 0.25) is 0 Å². The second-order valence-corrected chi connectivity index (χ2v) is 12.2. The molecule has 1 saturated heterocycles. The van der Waals surface area contributed by atoms with Gasteiger partial charge in [0.1, 0.15) is 0 Å². The van der Waals surface area contributed by atoms with Gasteiger partial charge in [0, 0.05) is 17.7 Å². The summed E-state index contributed by atoms with van der Waals surface area (Å²) in [5.41, 5.74) is 0.904. The van der Waals surface area contributed by atoms with Crippen LogP contribution in [0.4, 0.5) is 0 Å². The molecular formula is C15H27NO2Si. The van der Waals surface area contributed by atoms with Crippen molar-refractivity contribution in [1.29, 1.82) is 0 Å². The Morgan fingerprint density at radius 1 is 1.37 bits per heavy atom. The Kier molecular flexibility index (Phi) is 3.69. The van der Waals surface area contributed by atoms with Crippen LogP contribution in [-0.2, 0) is 9.22 Å². The molecular weight excluding hydrogens is 254 g/mol. The molecule has 0 radical (unpaired) electrons. The number of nitrogens with zero attached hydrogens (tertiary/aromatic N) is 1. The van der Waals surface area contributed by atoms with Gasteiger partial charge in [-0.3, -0.25) is 4.90 Å². The highest BCUT2D eigenvalue weighted by atomic mass is 28.4. The fourth-order valence-corrected chi connectivity index (χ4v) is 3.62. The zero-order valence-corrected chi connectivity index (χ0v) is 14.1. The lowest BCUT2D eigenvalue weighted by Gasteiger charge is -2.37. The van der Waals surface area contributed by atoms with Crippen LogP contribution in [0.3, 0.4) is 0 Å². The van der Waals surface area contributed by atoms with E-state index in [1.807, 2.05) is 0 Å². The molecule has 0 N–H and O–H groups in total. The minimum Gasteiger partial charge on any atom is -0.516 e. The second-order valence-electron chi connectivity index (χ2n) is 7.46. The van der Waals surface area contributed by atoms with Gasteiger partial charge in [0.05, 0.1) is 0 Å². The molecule has 3 nitrogen and oxygen atoms in total. The first kappa shape index (κ1) is 14.8. The zero-order chi connectivity index (χ0) is 14.4. The van der Waals surface area contributed by atoms with Crippen molar-refractivity contribution < 1.29 is 9.22 Å². The molecule has 0 aliphatic carbocycles. The first-order valence-electron chi connectivity index (χ1n) is 7.29.